The summed E-state index contributed by atoms with van der Waals surface area (Å²) < 4.78 is 0. The lowest BCUT2D eigenvalue weighted by Crippen LogP contribution is -2.36. The quantitative estimate of drug-likeness (QED) is 0.908. The number of nitrogens with two attached hydrogens (primary N) is 1. The summed E-state index contributed by atoms with van der Waals surface area (Å²) in [6.45, 7) is 5.76. The number of carbonyl (C=O) groups excluding carboxylic acids is 1. The van der Waals surface area contributed by atoms with Crippen LogP contribution in [-0.2, 0) is 4.79 Å². The number of amides is 1. The molecule has 3 heteroatoms. The Labute approximate surface area is 115 Å². The van der Waals surface area contributed by atoms with Crippen molar-refractivity contribution in [1.82, 2.24) is 4.90 Å². The zero-order valence-corrected chi connectivity index (χ0v) is 11.9. The molecule has 19 heavy (non-hydrogen) atoms. The highest BCUT2D eigenvalue weighted by Crippen LogP contribution is 2.20. The summed E-state index contributed by atoms with van der Waals surface area (Å²) in [6.07, 6.45) is 2.77. The highest BCUT2D eigenvalue weighted by molar-refractivity contribution is 5.76. The SMILES string of the molecule is Cc1ccc(C(N)CN2CCC(C)CCC2=O)cc1. The van der Waals surface area contributed by atoms with Crippen LogP contribution in [0.4, 0.5) is 0 Å². The first-order valence-electron chi connectivity index (χ1n) is 7.16. The Kier molecular flexibility index (Phi) is 4.59. The third kappa shape index (κ3) is 3.80. The summed E-state index contributed by atoms with van der Waals surface area (Å²) in [5.41, 5.74) is 8.57. The van der Waals surface area contributed by atoms with E-state index in [4.69, 9.17) is 5.73 Å². The fourth-order valence-corrected chi connectivity index (χ4v) is 2.52. The Morgan fingerprint density at radius 1 is 1.32 bits per heavy atom. The third-order valence-corrected chi connectivity index (χ3v) is 4.02. The van der Waals surface area contributed by atoms with E-state index in [1.807, 2.05) is 4.90 Å². The van der Waals surface area contributed by atoms with Gasteiger partial charge in [-0.05, 0) is 31.2 Å². The number of nitrogens with zero attached hydrogens (tertiary/aromatic N) is 1. The van der Waals surface area contributed by atoms with Gasteiger partial charge in [-0.25, -0.2) is 0 Å². The van der Waals surface area contributed by atoms with E-state index in [1.54, 1.807) is 0 Å². The van der Waals surface area contributed by atoms with E-state index in [2.05, 4.69) is 38.1 Å². The Morgan fingerprint density at radius 3 is 2.68 bits per heavy atom. The lowest BCUT2D eigenvalue weighted by Gasteiger charge is -2.24. The monoisotopic (exact) mass is 260 g/mol. The lowest BCUT2D eigenvalue weighted by atomic mass is 10.0. The number of carbonyl (C=O) groups is 1. The lowest BCUT2D eigenvalue weighted by molar-refractivity contribution is -0.130. The van der Waals surface area contributed by atoms with Crippen molar-refractivity contribution in [1.29, 1.82) is 0 Å². The Hall–Kier alpha value is -1.35. The molecule has 2 atom stereocenters. The molecular formula is C16H24N2O. The summed E-state index contributed by atoms with van der Waals surface area (Å²) in [7, 11) is 0. The fourth-order valence-electron chi connectivity index (χ4n) is 2.52. The largest absolute Gasteiger partial charge is 0.341 e. The number of aryl methyl sites for hydroxylation is 1. The molecule has 0 radical (unpaired) electrons. The maximum Gasteiger partial charge on any atom is 0.222 e. The van der Waals surface area contributed by atoms with E-state index < -0.39 is 0 Å². The predicted molar refractivity (Wildman–Crippen MR) is 77.7 cm³/mol. The molecule has 1 heterocycles. The van der Waals surface area contributed by atoms with Crippen molar-refractivity contribution in [2.24, 2.45) is 11.7 Å². The molecule has 1 fully saturated rings. The van der Waals surface area contributed by atoms with Crippen LogP contribution in [0, 0.1) is 12.8 Å². The minimum Gasteiger partial charge on any atom is -0.341 e. The molecule has 1 aliphatic heterocycles. The molecule has 1 amide bonds. The van der Waals surface area contributed by atoms with Gasteiger partial charge in [-0.15, -0.1) is 0 Å². The molecule has 0 bridgehead atoms. The number of hydrogen-bond acceptors (Lipinski definition) is 2. The van der Waals surface area contributed by atoms with Gasteiger partial charge in [-0.1, -0.05) is 36.8 Å². The molecule has 0 aromatic heterocycles. The molecule has 1 saturated heterocycles. The average molecular weight is 260 g/mol. The molecule has 0 aliphatic carbocycles. The Morgan fingerprint density at radius 2 is 2.00 bits per heavy atom. The second-order valence-corrected chi connectivity index (χ2v) is 5.79. The standard InChI is InChI=1S/C16H24N2O/c1-12-3-6-14(7-4-12)15(17)11-18-10-9-13(2)5-8-16(18)19/h3-4,6-7,13,15H,5,8-11,17H2,1-2H3. The topological polar surface area (TPSA) is 46.3 Å². The first-order chi connectivity index (χ1) is 9.06. The van der Waals surface area contributed by atoms with E-state index >= 15 is 0 Å². The van der Waals surface area contributed by atoms with Crippen LogP contribution in [0.15, 0.2) is 24.3 Å². The van der Waals surface area contributed by atoms with Gasteiger partial charge in [0.1, 0.15) is 0 Å². The number of rotatable bonds is 3. The Bertz CT molecular complexity index is 427. The minimum atomic E-state index is -0.0852. The van der Waals surface area contributed by atoms with Crippen molar-refractivity contribution in [2.45, 2.75) is 39.2 Å². The smallest absolute Gasteiger partial charge is 0.222 e. The van der Waals surface area contributed by atoms with Crippen molar-refractivity contribution in [2.75, 3.05) is 13.1 Å². The van der Waals surface area contributed by atoms with Crippen molar-refractivity contribution < 1.29 is 4.79 Å². The van der Waals surface area contributed by atoms with E-state index in [-0.39, 0.29) is 11.9 Å². The number of likely N-dealkylation sites (tertiary alicyclic amines) is 1. The van der Waals surface area contributed by atoms with Crippen LogP contribution < -0.4 is 5.73 Å². The summed E-state index contributed by atoms with van der Waals surface area (Å²) in [6, 6.07) is 8.18. The van der Waals surface area contributed by atoms with Gasteiger partial charge in [0.25, 0.3) is 0 Å². The highest BCUT2D eigenvalue weighted by atomic mass is 16.2. The molecule has 104 valence electrons. The van der Waals surface area contributed by atoms with E-state index in [9.17, 15) is 4.79 Å². The summed E-state index contributed by atoms with van der Waals surface area (Å²) in [4.78, 5) is 14.0. The van der Waals surface area contributed by atoms with Crippen molar-refractivity contribution in [3.8, 4) is 0 Å². The molecule has 2 unspecified atom stereocenters. The molecule has 0 spiro atoms. The number of hydrogen-bond donors (Lipinski definition) is 1. The molecule has 2 N–H and O–H groups in total. The summed E-state index contributed by atoms with van der Waals surface area (Å²) in [5, 5.41) is 0. The average Bonchev–Trinajstić information content (AvgIpc) is 2.55. The van der Waals surface area contributed by atoms with Gasteiger partial charge in [0.15, 0.2) is 0 Å². The van der Waals surface area contributed by atoms with Gasteiger partial charge in [-0.3, -0.25) is 4.79 Å². The van der Waals surface area contributed by atoms with Crippen LogP contribution >= 0.6 is 0 Å². The first-order valence-corrected chi connectivity index (χ1v) is 7.16. The molecule has 1 aliphatic rings. The zero-order chi connectivity index (χ0) is 13.8. The van der Waals surface area contributed by atoms with Gasteiger partial charge >= 0.3 is 0 Å². The predicted octanol–water partition coefficient (Wildman–Crippen LogP) is 2.64. The van der Waals surface area contributed by atoms with Crippen molar-refractivity contribution >= 4 is 5.91 Å². The van der Waals surface area contributed by atoms with E-state index in [0.717, 1.165) is 24.9 Å². The zero-order valence-electron chi connectivity index (χ0n) is 11.9. The van der Waals surface area contributed by atoms with Crippen molar-refractivity contribution in [3.05, 3.63) is 35.4 Å². The second-order valence-electron chi connectivity index (χ2n) is 5.79. The van der Waals surface area contributed by atoms with Crippen LogP contribution in [0.25, 0.3) is 0 Å². The maximum absolute atomic E-state index is 12.1. The van der Waals surface area contributed by atoms with Crippen LogP contribution in [0.1, 0.15) is 43.4 Å². The van der Waals surface area contributed by atoms with Gasteiger partial charge in [0.2, 0.25) is 5.91 Å². The molecule has 2 rings (SSSR count). The summed E-state index contributed by atoms with van der Waals surface area (Å²) in [5.74, 6) is 0.900. The molecular weight excluding hydrogens is 236 g/mol. The molecule has 1 aromatic rings. The number of benzene rings is 1. The molecule has 3 nitrogen and oxygen atoms in total. The van der Waals surface area contributed by atoms with Gasteiger partial charge in [-0.2, -0.15) is 0 Å². The minimum absolute atomic E-state index is 0.0852. The molecule has 0 saturated carbocycles. The second kappa shape index (κ2) is 6.20. The fraction of sp³-hybridized carbons (Fsp3) is 0.562. The highest BCUT2D eigenvalue weighted by Gasteiger charge is 2.22. The summed E-state index contributed by atoms with van der Waals surface area (Å²) >= 11 is 0. The molecule has 1 aromatic carbocycles. The third-order valence-electron chi connectivity index (χ3n) is 4.02. The van der Waals surface area contributed by atoms with Crippen molar-refractivity contribution in [3.63, 3.8) is 0 Å². The van der Waals surface area contributed by atoms with Gasteiger partial charge in [0.05, 0.1) is 0 Å². The normalized spacial score (nSPS) is 22.2. The van der Waals surface area contributed by atoms with Crippen LogP contribution in [-0.4, -0.2) is 23.9 Å². The van der Waals surface area contributed by atoms with E-state index in [0.29, 0.717) is 18.9 Å². The van der Waals surface area contributed by atoms with Crippen LogP contribution in [0.5, 0.6) is 0 Å². The van der Waals surface area contributed by atoms with Gasteiger partial charge in [0, 0.05) is 25.6 Å². The van der Waals surface area contributed by atoms with Gasteiger partial charge < -0.3 is 10.6 Å². The Balaban J connectivity index is 1.99. The van der Waals surface area contributed by atoms with Crippen LogP contribution in [0.3, 0.4) is 0 Å². The first kappa shape index (κ1) is 14.1. The maximum atomic E-state index is 12.1. The van der Waals surface area contributed by atoms with E-state index in [1.165, 1.54) is 5.56 Å². The van der Waals surface area contributed by atoms with Crippen LogP contribution in [0.2, 0.25) is 0 Å².